The first-order chi connectivity index (χ1) is 23.5. The summed E-state index contributed by atoms with van der Waals surface area (Å²) in [5, 5.41) is 0. The third-order valence-electron chi connectivity index (χ3n) is 9.31. The van der Waals surface area contributed by atoms with Crippen molar-refractivity contribution < 1.29 is 41.7 Å². The third-order valence-corrected chi connectivity index (χ3v) is 10.7. The number of fused-ring (bicyclic) bond motifs is 4. The van der Waals surface area contributed by atoms with Gasteiger partial charge in [-0.2, -0.15) is 0 Å². The fourth-order valence-electron chi connectivity index (χ4n) is 6.75. The Morgan fingerprint density at radius 1 is 0.918 bits per heavy atom. The number of sulfonamides is 1. The van der Waals surface area contributed by atoms with Crippen molar-refractivity contribution in [1.82, 2.24) is 4.72 Å². The minimum Gasteiger partial charge on any atom is -0.466 e. The van der Waals surface area contributed by atoms with Gasteiger partial charge in [-0.05, 0) is 81.9 Å². The Hall–Kier alpha value is -3.28. The van der Waals surface area contributed by atoms with Gasteiger partial charge in [0.05, 0.1) is 42.8 Å². The van der Waals surface area contributed by atoms with Crippen molar-refractivity contribution in [3.05, 3.63) is 66.3 Å². The standard InChI is InChI=1S/C38H53NO9S/c1-27-19-20-28(2)35(17-10-5-4-6-11-18-36(40)39-49(43,44)34-15-8-7-9-16-34)48-38(42)26-33-23-29(24-37(41)45-3)22-32(47-33)25-31-14-12-13-30(21-27)46-31/h7-10,15-17,19-20,24,27-28,30-33,35H,4-6,11-14,18,21-23,25-26H2,1-3H3,(H,39,40)/b17-10+,20-19+,29-24-. The van der Waals surface area contributed by atoms with E-state index in [4.69, 9.17) is 18.9 Å². The highest BCUT2D eigenvalue weighted by Crippen LogP contribution is 2.33. The second kappa shape index (κ2) is 19.2. The number of carbonyl (C=O) groups excluding carboxylic acids is 3. The van der Waals surface area contributed by atoms with Gasteiger partial charge < -0.3 is 18.9 Å². The number of ether oxygens (including phenoxy) is 4. The topological polar surface area (TPSA) is 134 Å². The maximum absolute atomic E-state index is 13.3. The van der Waals surface area contributed by atoms with Gasteiger partial charge in [0.1, 0.15) is 6.10 Å². The molecular formula is C38H53NO9S. The number of cyclic esters (lactones) is 1. The van der Waals surface area contributed by atoms with Crippen LogP contribution in [0.15, 0.2) is 71.2 Å². The summed E-state index contributed by atoms with van der Waals surface area (Å²) in [6, 6.07) is 7.83. The van der Waals surface area contributed by atoms with Crippen LogP contribution >= 0.6 is 0 Å². The molecule has 270 valence electrons. The molecule has 11 heteroatoms. The summed E-state index contributed by atoms with van der Waals surface area (Å²) in [4.78, 5) is 37.7. The van der Waals surface area contributed by atoms with Crippen LogP contribution in [0.4, 0.5) is 0 Å². The summed E-state index contributed by atoms with van der Waals surface area (Å²) in [6.07, 6.45) is 17.8. The highest BCUT2D eigenvalue weighted by Gasteiger charge is 2.33. The van der Waals surface area contributed by atoms with E-state index in [1.807, 2.05) is 19.1 Å². The highest BCUT2D eigenvalue weighted by molar-refractivity contribution is 7.90. The second-order valence-corrected chi connectivity index (χ2v) is 15.3. The molecule has 1 aromatic carbocycles. The first-order valence-electron chi connectivity index (χ1n) is 17.7. The Morgan fingerprint density at radius 3 is 2.39 bits per heavy atom. The number of unbranched alkanes of at least 4 members (excludes halogenated alkanes) is 3. The van der Waals surface area contributed by atoms with Crippen molar-refractivity contribution in [3.8, 4) is 0 Å². The van der Waals surface area contributed by atoms with E-state index in [0.717, 1.165) is 50.5 Å². The van der Waals surface area contributed by atoms with Gasteiger partial charge in [0.2, 0.25) is 5.91 Å². The number of esters is 2. The predicted octanol–water partition coefficient (Wildman–Crippen LogP) is 6.51. The summed E-state index contributed by atoms with van der Waals surface area (Å²) in [5.74, 6) is -1.07. The zero-order valence-electron chi connectivity index (χ0n) is 29.1. The first-order valence-corrected chi connectivity index (χ1v) is 19.2. The summed E-state index contributed by atoms with van der Waals surface area (Å²) in [5.41, 5.74) is 0.908. The molecule has 3 heterocycles. The molecule has 0 aromatic heterocycles. The zero-order valence-corrected chi connectivity index (χ0v) is 29.9. The van der Waals surface area contributed by atoms with Gasteiger partial charge in [-0.15, -0.1) is 0 Å². The van der Waals surface area contributed by atoms with Gasteiger partial charge in [0.15, 0.2) is 0 Å². The fourth-order valence-corrected chi connectivity index (χ4v) is 7.79. The van der Waals surface area contributed by atoms with E-state index in [2.05, 4.69) is 23.8 Å². The number of carbonyl (C=O) groups is 3. The number of rotatable bonds is 10. The number of hydrogen-bond donors (Lipinski definition) is 1. The van der Waals surface area contributed by atoms with Crippen LogP contribution in [0, 0.1) is 11.8 Å². The maximum atomic E-state index is 13.3. The Morgan fingerprint density at radius 2 is 1.63 bits per heavy atom. The van der Waals surface area contributed by atoms with Crippen LogP contribution in [0.5, 0.6) is 0 Å². The molecule has 10 nitrogen and oxygen atoms in total. The summed E-state index contributed by atoms with van der Waals surface area (Å²) >= 11 is 0. The average molecular weight is 700 g/mol. The molecule has 4 bridgehead atoms. The van der Waals surface area contributed by atoms with E-state index < -0.39 is 34.1 Å². The van der Waals surface area contributed by atoms with E-state index >= 15 is 0 Å². The molecule has 1 aromatic rings. The Bertz CT molecular complexity index is 1440. The largest absolute Gasteiger partial charge is 0.466 e. The van der Waals surface area contributed by atoms with Gasteiger partial charge in [-0.25, -0.2) is 17.9 Å². The van der Waals surface area contributed by atoms with Crippen molar-refractivity contribution >= 4 is 27.9 Å². The average Bonchev–Trinajstić information content (AvgIpc) is 3.06. The van der Waals surface area contributed by atoms with Gasteiger partial charge in [-0.1, -0.05) is 62.3 Å². The Kier molecular flexibility index (Phi) is 15.1. The lowest BCUT2D eigenvalue weighted by molar-refractivity contribution is -0.154. The number of benzene rings is 1. The van der Waals surface area contributed by atoms with Crippen LogP contribution < -0.4 is 4.72 Å². The SMILES string of the molecule is COC(=O)/C=C1\CC2CC(=O)OC(/C=C/CCCCCC(=O)NS(=O)(=O)c3ccccc3)C(C)/C=C/C(C)CC3CCCC(CC(C1)O2)O3. The molecular weight excluding hydrogens is 646 g/mol. The lowest BCUT2D eigenvalue weighted by atomic mass is 9.89. The van der Waals surface area contributed by atoms with Gasteiger partial charge in [0, 0.05) is 24.8 Å². The van der Waals surface area contributed by atoms with E-state index in [1.165, 1.54) is 25.3 Å². The third kappa shape index (κ3) is 13.2. The van der Waals surface area contributed by atoms with Crippen molar-refractivity contribution in [2.24, 2.45) is 11.8 Å². The van der Waals surface area contributed by atoms with E-state index in [9.17, 15) is 22.8 Å². The minimum absolute atomic E-state index is 0.0587. The summed E-state index contributed by atoms with van der Waals surface area (Å²) < 4.78 is 50.7. The molecule has 49 heavy (non-hydrogen) atoms. The Balaban J connectivity index is 1.35. The fraction of sp³-hybridized carbons (Fsp3) is 0.605. The van der Waals surface area contributed by atoms with E-state index in [-0.39, 0.29) is 47.9 Å². The predicted molar refractivity (Wildman–Crippen MR) is 186 cm³/mol. The molecule has 0 spiro atoms. The van der Waals surface area contributed by atoms with Crippen molar-refractivity contribution in [3.63, 3.8) is 0 Å². The molecule has 0 radical (unpaired) electrons. The van der Waals surface area contributed by atoms with Crippen LogP contribution in [0.3, 0.4) is 0 Å². The quantitative estimate of drug-likeness (QED) is 0.126. The first kappa shape index (κ1) is 38.5. The smallest absolute Gasteiger partial charge is 0.330 e. The molecule has 7 unspecified atom stereocenters. The Labute approximate surface area is 291 Å². The minimum atomic E-state index is -3.87. The van der Waals surface area contributed by atoms with Gasteiger partial charge >= 0.3 is 11.9 Å². The lowest BCUT2D eigenvalue weighted by Gasteiger charge is -2.37. The molecule has 4 rings (SSSR count). The van der Waals surface area contributed by atoms with Gasteiger partial charge in [0.25, 0.3) is 10.0 Å². The molecule has 3 aliphatic heterocycles. The zero-order chi connectivity index (χ0) is 35.2. The molecule has 2 saturated heterocycles. The van der Waals surface area contributed by atoms with Crippen LogP contribution in [-0.2, 0) is 43.4 Å². The molecule has 1 amide bonds. The maximum Gasteiger partial charge on any atom is 0.330 e. The highest BCUT2D eigenvalue weighted by atomic mass is 32.2. The number of amides is 1. The number of nitrogens with one attached hydrogen (secondary N) is 1. The normalized spacial score (nSPS) is 30.0. The van der Waals surface area contributed by atoms with Crippen molar-refractivity contribution in [1.29, 1.82) is 0 Å². The number of hydrogen-bond acceptors (Lipinski definition) is 9. The van der Waals surface area contributed by atoms with Crippen molar-refractivity contribution in [2.75, 3.05) is 7.11 Å². The molecule has 7 atom stereocenters. The van der Waals surface area contributed by atoms with Crippen molar-refractivity contribution in [2.45, 2.75) is 133 Å². The van der Waals surface area contributed by atoms with Crippen LogP contribution in [0.2, 0.25) is 0 Å². The van der Waals surface area contributed by atoms with Gasteiger partial charge in [-0.3, -0.25) is 9.59 Å². The van der Waals surface area contributed by atoms with Crippen LogP contribution in [-0.4, -0.2) is 63.9 Å². The molecule has 0 aliphatic carbocycles. The molecule has 3 aliphatic rings. The lowest BCUT2D eigenvalue weighted by Crippen LogP contribution is -2.37. The van der Waals surface area contributed by atoms with E-state index in [1.54, 1.807) is 18.2 Å². The summed E-state index contributed by atoms with van der Waals surface area (Å²) in [6.45, 7) is 4.22. The molecule has 1 N–H and O–H groups in total. The number of allylic oxidation sites excluding steroid dienone is 2. The summed E-state index contributed by atoms with van der Waals surface area (Å²) in [7, 11) is -2.51. The van der Waals surface area contributed by atoms with E-state index in [0.29, 0.717) is 31.6 Å². The number of methoxy groups -OCH3 is 1. The van der Waals surface area contributed by atoms with Crippen LogP contribution in [0.25, 0.3) is 0 Å². The van der Waals surface area contributed by atoms with Crippen LogP contribution in [0.1, 0.15) is 97.3 Å². The molecule has 2 fully saturated rings. The monoisotopic (exact) mass is 699 g/mol. The second-order valence-electron chi connectivity index (χ2n) is 13.6. The molecule has 0 saturated carbocycles.